The Labute approximate surface area is 213 Å². The molecule has 0 atom stereocenters. The van der Waals surface area contributed by atoms with Crippen LogP contribution in [0.25, 0.3) is 11.1 Å². The van der Waals surface area contributed by atoms with Crippen molar-refractivity contribution in [3.8, 4) is 17.2 Å². The maximum absolute atomic E-state index is 6.02. The number of nitrogens with one attached hydrogen (secondary N) is 1. The van der Waals surface area contributed by atoms with E-state index in [4.69, 9.17) is 14.0 Å². The van der Waals surface area contributed by atoms with Crippen molar-refractivity contribution >= 4 is 23.7 Å². The van der Waals surface area contributed by atoms with E-state index in [9.17, 15) is 0 Å². The lowest BCUT2D eigenvalue weighted by Gasteiger charge is -2.17. The molecule has 1 aliphatic heterocycles. The molecule has 0 fully saturated rings. The molecule has 0 spiro atoms. The van der Waals surface area contributed by atoms with Crippen LogP contribution in [-0.4, -0.2) is 27.3 Å². The van der Waals surface area contributed by atoms with Gasteiger partial charge in [-0.2, -0.15) is 0 Å². The summed E-state index contributed by atoms with van der Waals surface area (Å²) >= 11 is 0. The SMILES string of the molecule is CC/C(=C(/c1ccc(OCCNC)cc1)c1ccc(B2Oc3ccccc3O2)cc1)c1ccccc1. The normalized spacial score (nSPS) is 12.9. The second-order valence-electron chi connectivity index (χ2n) is 8.69. The largest absolute Gasteiger partial charge is 0.632 e. The molecule has 36 heavy (non-hydrogen) atoms. The van der Waals surface area contributed by atoms with Crippen LogP contribution in [0, 0.1) is 0 Å². The molecule has 0 bridgehead atoms. The lowest BCUT2D eigenvalue weighted by Crippen LogP contribution is -2.38. The summed E-state index contributed by atoms with van der Waals surface area (Å²) in [5, 5.41) is 3.11. The third kappa shape index (κ3) is 5.17. The van der Waals surface area contributed by atoms with Crippen molar-refractivity contribution < 1.29 is 14.0 Å². The van der Waals surface area contributed by atoms with E-state index in [-0.39, 0.29) is 0 Å². The molecule has 0 unspecified atom stereocenters. The molecular formula is C31H30BNO3. The number of allylic oxidation sites excluding steroid dienone is 1. The molecule has 5 rings (SSSR count). The van der Waals surface area contributed by atoms with Crippen LogP contribution >= 0.6 is 0 Å². The van der Waals surface area contributed by atoms with Gasteiger partial charge in [0.2, 0.25) is 0 Å². The van der Waals surface area contributed by atoms with E-state index in [1.54, 1.807) is 0 Å². The molecular weight excluding hydrogens is 445 g/mol. The number of ether oxygens (including phenoxy) is 1. The highest BCUT2D eigenvalue weighted by Gasteiger charge is 2.33. The minimum atomic E-state index is -0.433. The molecule has 0 amide bonds. The second-order valence-corrected chi connectivity index (χ2v) is 8.69. The maximum atomic E-state index is 6.02. The van der Waals surface area contributed by atoms with E-state index < -0.39 is 7.12 Å². The number of hydrogen-bond donors (Lipinski definition) is 1. The van der Waals surface area contributed by atoms with Crippen LogP contribution in [0.3, 0.4) is 0 Å². The summed E-state index contributed by atoms with van der Waals surface area (Å²) in [7, 11) is 1.49. The average molecular weight is 475 g/mol. The first-order valence-electron chi connectivity index (χ1n) is 12.5. The first kappa shape index (κ1) is 23.8. The Morgan fingerprint density at radius 3 is 1.89 bits per heavy atom. The van der Waals surface area contributed by atoms with Gasteiger partial charge in [-0.3, -0.25) is 0 Å². The lowest BCUT2D eigenvalue weighted by atomic mass is 9.78. The van der Waals surface area contributed by atoms with Crippen molar-refractivity contribution in [3.63, 3.8) is 0 Å². The van der Waals surface area contributed by atoms with Gasteiger partial charge in [-0.05, 0) is 65.6 Å². The fraction of sp³-hybridized carbons (Fsp3) is 0.161. The Kier molecular flexibility index (Phi) is 7.39. The van der Waals surface area contributed by atoms with Crippen molar-refractivity contribution in [2.24, 2.45) is 0 Å². The van der Waals surface area contributed by atoms with Gasteiger partial charge in [-0.25, -0.2) is 0 Å². The van der Waals surface area contributed by atoms with Gasteiger partial charge in [0, 0.05) is 12.0 Å². The molecule has 0 saturated heterocycles. The summed E-state index contributed by atoms with van der Waals surface area (Å²) in [4.78, 5) is 0. The maximum Gasteiger partial charge on any atom is 0.632 e. The Morgan fingerprint density at radius 1 is 0.722 bits per heavy atom. The predicted octanol–water partition coefficient (Wildman–Crippen LogP) is 5.82. The second kappa shape index (κ2) is 11.2. The van der Waals surface area contributed by atoms with E-state index in [1.165, 1.54) is 16.7 Å². The summed E-state index contributed by atoms with van der Waals surface area (Å²) < 4.78 is 17.9. The van der Waals surface area contributed by atoms with Crippen LogP contribution in [0.4, 0.5) is 0 Å². The Balaban J connectivity index is 1.49. The third-order valence-corrected chi connectivity index (χ3v) is 6.33. The van der Waals surface area contributed by atoms with Crippen molar-refractivity contribution in [1.82, 2.24) is 5.32 Å². The smallest absolute Gasteiger partial charge is 0.519 e. The Morgan fingerprint density at radius 2 is 1.31 bits per heavy atom. The summed E-state index contributed by atoms with van der Waals surface area (Å²) in [6.45, 7) is 3.66. The lowest BCUT2D eigenvalue weighted by molar-refractivity contribution is 0.318. The quantitative estimate of drug-likeness (QED) is 0.188. The molecule has 180 valence electrons. The summed E-state index contributed by atoms with van der Waals surface area (Å²) in [5.74, 6) is 2.43. The fourth-order valence-corrected chi connectivity index (χ4v) is 4.51. The first-order valence-corrected chi connectivity index (χ1v) is 12.5. The van der Waals surface area contributed by atoms with Gasteiger partial charge in [-0.15, -0.1) is 0 Å². The number of rotatable bonds is 9. The Hall–Kier alpha value is -3.96. The van der Waals surface area contributed by atoms with Crippen molar-refractivity contribution in [2.75, 3.05) is 20.2 Å². The zero-order valence-electron chi connectivity index (χ0n) is 20.7. The van der Waals surface area contributed by atoms with Gasteiger partial charge in [0.25, 0.3) is 0 Å². The molecule has 0 radical (unpaired) electrons. The standard InChI is InChI=1S/C31H30BNO3/c1-3-28(23-9-5-4-6-10-23)31(25-15-19-27(20-16-25)34-22-21-33-2)24-13-17-26(18-14-24)32-35-29-11-7-8-12-30(29)36-32/h4-20,33H,3,21-22H2,1-2H3/b31-28-. The minimum Gasteiger partial charge on any atom is -0.519 e. The number of hydrogen-bond acceptors (Lipinski definition) is 4. The van der Waals surface area contributed by atoms with Gasteiger partial charge < -0.3 is 19.4 Å². The van der Waals surface area contributed by atoms with Gasteiger partial charge in [0.1, 0.15) is 23.9 Å². The van der Waals surface area contributed by atoms with Gasteiger partial charge in [0.15, 0.2) is 0 Å². The number of para-hydroxylation sites is 2. The molecule has 4 aromatic rings. The van der Waals surface area contributed by atoms with Crippen molar-refractivity contribution in [1.29, 1.82) is 0 Å². The fourth-order valence-electron chi connectivity index (χ4n) is 4.51. The van der Waals surface area contributed by atoms with Crippen LogP contribution in [0.15, 0.2) is 103 Å². The van der Waals surface area contributed by atoms with E-state index in [2.05, 4.69) is 91.1 Å². The van der Waals surface area contributed by atoms with Gasteiger partial charge >= 0.3 is 7.12 Å². The zero-order valence-corrected chi connectivity index (χ0v) is 20.7. The molecule has 4 nitrogen and oxygen atoms in total. The van der Waals surface area contributed by atoms with Gasteiger partial charge in [0.05, 0.1) is 0 Å². The molecule has 1 heterocycles. The van der Waals surface area contributed by atoms with E-state index in [1.807, 2.05) is 31.3 Å². The summed E-state index contributed by atoms with van der Waals surface area (Å²) in [6.07, 6.45) is 0.908. The molecule has 0 saturated carbocycles. The molecule has 1 aliphatic rings. The van der Waals surface area contributed by atoms with E-state index in [0.717, 1.165) is 46.8 Å². The molecule has 5 heteroatoms. The third-order valence-electron chi connectivity index (χ3n) is 6.33. The number of fused-ring (bicyclic) bond motifs is 1. The molecule has 0 aliphatic carbocycles. The predicted molar refractivity (Wildman–Crippen MR) is 148 cm³/mol. The van der Waals surface area contributed by atoms with Crippen LogP contribution in [0.1, 0.15) is 30.0 Å². The van der Waals surface area contributed by atoms with Crippen LogP contribution in [0.5, 0.6) is 17.2 Å². The van der Waals surface area contributed by atoms with E-state index >= 15 is 0 Å². The average Bonchev–Trinajstić information content (AvgIpc) is 3.37. The van der Waals surface area contributed by atoms with Crippen LogP contribution in [0.2, 0.25) is 0 Å². The van der Waals surface area contributed by atoms with E-state index in [0.29, 0.717) is 6.61 Å². The first-order chi connectivity index (χ1) is 17.8. The molecule has 1 N–H and O–H groups in total. The van der Waals surface area contributed by atoms with Crippen LogP contribution < -0.4 is 24.8 Å². The molecule has 4 aromatic carbocycles. The van der Waals surface area contributed by atoms with Crippen molar-refractivity contribution in [2.45, 2.75) is 13.3 Å². The molecule has 0 aromatic heterocycles. The minimum absolute atomic E-state index is 0.433. The number of likely N-dealkylation sites (N-methyl/N-ethyl adjacent to an activating group) is 1. The zero-order chi connectivity index (χ0) is 24.7. The summed E-state index contributed by atoms with van der Waals surface area (Å²) in [6, 6.07) is 35.3. The monoisotopic (exact) mass is 475 g/mol. The highest BCUT2D eigenvalue weighted by Crippen LogP contribution is 2.36. The van der Waals surface area contributed by atoms with Crippen LogP contribution in [-0.2, 0) is 0 Å². The van der Waals surface area contributed by atoms with Crippen molar-refractivity contribution in [3.05, 3.63) is 120 Å². The number of benzene rings is 4. The summed E-state index contributed by atoms with van der Waals surface area (Å²) in [5.41, 5.74) is 7.04. The highest BCUT2D eigenvalue weighted by molar-refractivity contribution is 6.63. The highest BCUT2D eigenvalue weighted by atomic mass is 16.6. The topological polar surface area (TPSA) is 39.7 Å². The Bertz CT molecular complexity index is 1290. The van der Waals surface area contributed by atoms with Gasteiger partial charge in [-0.1, -0.05) is 85.8 Å².